The molecule has 0 atom stereocenters. The molecule has 1 N–H and O–H groups in total. The van der Waals surface area contributed by atoms with Gasteiger partial charge in [0.15, 0.2) is 5.75 Å². The van der Waals surface area contributed by atoms with Crippen LogP contribution in [0, 0.1) is 5.92 Å². The van der Waals surface area contributed by atoms with Crippen LogP contribution in [0.2, 0.25) is 0 Å². The molecule has 0 fully saturated rings. The Balaban J connectivity index is 2.31. The molecule has 2 rings (SSSR count). The van der Waals surface area contributed by atoms with Crippen molar-refractivity contribution in [3.05, 3.63) is 46.8 Å². The second kappa shape index (κ2) is 7.58. The molecule has 0 saturated heterocycles. The van der Waals surface area contributed by atoms with Gasteiger partial charge in [-0.25, -0.2) is 4.68 Å². The van der Waals surface area contributed by atoms with Crippen molar-refractivity contribution in [2.75, 3.05) is 13.7 Å². The van der Waals surface area contributed by atoms with Crippen molar-refractivity contribution in [1.82, 2.24) is 15.1 Å². The summed E-state index contributed by atoms with van der Waals surface area (Å²) in [6.45, 7) is 4.46. The Labute approximate surface area is 135 Å². The zero-order chi connectivity index (χ0) is 16.8. The number of nitrogens with one attached hydrogen (secondary N) is 1. The molecule has 0 spiro atoms. The number of carbonyl (C=O) groups excluding carboxylic acids is 1. The molecule has 0 saturated carbocycles. The lowest BCUT2D eigenvalue weighted by Crippen LogP contribution is -2.35. The number of aromatic nitrogens is 2. The first-order chi connectivity index (χ1) is 11.0. The van der Waals surface area contributed by atoms with Gasteiger partial charge in [-0.05, 0) is 5.92 Å². The molecule has 0 aliphatic rings. The Morgan fingerprint density at radius 3 is 2.61 bits per heavy atom. The van der Waals surface area contributed by atoms with Crippen molar-refractivity contribution in [3.8, 4) is 17.0 Å². The van der Waals surface area contributed by atoms with Crippen molar-refractivity contribution < 1.29 is 9.53 Å². The third-order valence-corrected chi connectivity index (χ3v) is 3.23. The average Bonchev–Trinajstić information content (AvgIpc) is 2.55. The van der Waals surface area contributed by atoms with E-state index in [0.717, 1.165) is 10.2 Å². The van der Waals surface area contributed by atoms with Gasteiger partial charge in [0.05, 0.1) is 7.11 Å². The summed E-state index contributed by atoms with van der Waals surface area (Å²) in [5.74, 6) is 0.497. The molecule has 1 aromatic carbocycles. The molecule has 0 unspecified atom stereocenters. The topological polar surface area (TPSA) is 73.2 Å². The van der Waals surface area contributed by atoms with Crippen LogP contribution in [0.1, 0.15) is 13.8 Å². The molecule has 1 amide bonds. The fourth-order valence-electron chi connectivity index (χ4n) is 2.05. The van der Waals surface area contributed by atoms with Gasteiger partial charge in [0.2, 0.25) is 5.91 Å². The van der Waals surface area contributed by atoms with Gasteiger partial charge < -0.3 is 10.1 Å². The van der Waals surface area contributed by atoms with Crippen molar-refractivity contribution in [3.63, 3.8) is 0 Å². The van der Waals surface area contributed by atoms with Gasteiger partial charge in [0.25, 0.3) is 5.56 Å². The number of carbonyl (C=O) groups is 1. The van der Waals surface area contributed by atoms with Crippen molar-refractivity contribution in [1.29, 1.82) is 0 Å². The number of ether oxygens (including phenoxy) is 1. The molecule has 6 nitrogen and oxygen atoms in total. The maximum atomic E-state index is 12.1. The number of methoxy groups -OCH3 is 1. The molecule has 2 aromatic rings. The van der Waals surface area contributed by atoms with Crippen LogP contribution < -0.4 is 15.6 Å². The smallest absolute Gasteiger partial charge is 0.270 e. The molecule has 6 heteroatoms. The third kappa shape index (κ3) is 4.42. The van der Waals surface area contributed by atoms with Crippen LogP contribution in [0.5, 0.6) is 5.75 Å². The molecule has 23 heavy (non-hydrogen) atoms. The first-order valence-corrected chi connectivity index (χ1v) is 7.49. The van der Waals surface area contributed by atoms with Crippen LogP contribution in [0.25, 0.3) is 11.3 Å². The summed E-state index contributed by atoms with van der Waals surface area (Å²) < 4.78 is 6.40. The summed E-state index contributed by atoms with van der Waals surface area (Å²) in [5, 5.41) is 7.07. The Kier molecular flexibility index (Phi) is 5.51. The molecule has 0 radical (unpaired) electrons. The number of benzene rings is 1. The predicted molar refractivity (Wildman–Crippen MR) is 88.3 cm³/mol. The van der Waals surface area contributed by atoms with Crippen LogP contribution in [-0.2, 0) is 11.3 Å². The van der Waals surface area contributed by atoms with E-state index in [1.807, 2.05) is 44.2 Å². The van der Waals surface area contributed by atoms with Gasteiger partial charge in [0, 0.05) is 18.2 Å². The van der Waals surface area contributed by atoms with E-state index in [0.29, 0.717) is 23.9 Å². The predicted octanol–water partition coefficient (Wildman–Crippen LogP) is 1.69. The van der Waals surface area contributed by atoms with E-state index >= 15 is 0 Å². The fourth-order valence-corrected chi connectivity index (χ4v) is 2.05. The summed E-state index contributed by atoms with van der Waals surface area (Å²) in [6.07, 6.45) is 0. The minimum Gasteiger partial charge on any atom is -0.494 e. The first-order valence-electron chi connectivity index (χ1n) is 7.49. The van der Waals surface area contributed by atoms with Gasteiger partial charge in [-0.15, -0.1) is 0 Å². The van der Waals surface area contributed by atoms with Gasteiger partial charge in [-0.1, -0.05) is 44.2 Å². The van der Waals surface area contributed by atoms with E-state index in [4.69, 9.17) is 4.74 Å². The maximum absolute atomic E-state index is 12.1. The standard InChI is InChI=1S/C17H21N3O3/c1-12(2)10-18-15(21)11-20-16(22)9-14(23-3)17(19-20)13-7-5-4-6-8-13/h4-9,12H,10-11H2,1-3H3,(H,18,21). The molecular formula is C17H21N3O3. The second-order valence-corrected chi connectivity index (χ2v) is 5.62. The number of rotatable bonds is 6. The van der Waals surface area contributed by atoms with Crippen LogP contribution >= 0.6 is 0 Å². The monoisotopic (exact) mass is 315 g/mol. The zero-order valence-electron chi connectivity index (χ0n) is 13.6. The molecule has 0 aliphatic heterocycles. The van der Waals surface area contributed by atoms with Gasteiger partial charge in [0.1, 0.15) is 12.2 Å². The molecule has 0 aliphatic carbocycles. The third-order valence-electron chi connectivity index (χ3n) is 3.23. The Hall–Kier alpha value is -2.63. The number of hydrogen-bond acceptors (Lipinski definition) is 4. The number of nitrogens with zero attached hydrogens (tertiary/aromatic N) is 2. The van der Waals surface area contributed by atoms with Crippen molar-refractivity contribution in [2.45, 2.75) is 20.4 Å². The summed E-state index contributed by atoms with van der Waals surface area (Å²) in [6, 6.07) is 10.7. The molecule has 0 bridgehead atoms. The van der Waals surface area contributed by atoms with E-state index in [9.17, 15) is 9.59 Å². The van der Waals surface area contributed by atoms with Crippen molar-refractivity contribution >= 4 is 5.91 Å². The lowest BCUT2D eigenvalue weighted by Gasteiger charge is -2.12. The van der Waals surface area contributed by atoms with Gasteiger partial charge in [-0.3, -0.25) is 9.59 Å². The first kappa shape index (κ1) is 16.7. The summed E-state index contributed by atoms with van der Waals surface area (Å²) in [7, 11) is 1.49. The van der Waals surface area contributed by atoms with E-state index in [1.54, 1.807) is 0 Å². The lowest BCUT2D eigenvalue weighted by molar-refractivity contribution is -0.122. The van der Waals surface area contributed by atoms with E-state index < -0.39 is 0 Å². The maximum Gasteiger partial charge on any atom is 0.270 e. The normalized spacial score (nSPS) is 10.6. The van der Waals surface area contributed by atoms with Gasteiger partial charge >= 0.3 is 0 Å². The van der Waals surface area contributed by atoms with E-state index in [1.165, 1.54) is 13.2 Å². The molecule has 1 aromatic heterocycles. The minimum atomic E-state index is -0.374. The van der Waals surface area contributed by atoms with E-state index in [-0.39, 0.29) is 18.0 Å². The quantitative estimate of drug-likeness (QED) is 0.880. The Morgan fingerprint density at radius 1 is 1.30 bits per heavy atom. The van der Waals surface area contributed by atoms with Crippen LogP contribution in [0.4, 0.5) is 0 Å². The highest BCUT2D eigenvalue weighted by atomic mass is 16.5. The van der Waals surface area contributed by atoms with E-state index in [2.05, 4.69) is 10.4 Å². The summed E-state index contributed by atoms with van der Waals surface area (Å²) >= 11 is 0. The highest BCUT2D eigenvalue weighted by Crippen LogP contribution is 2.25. The Morgan fingerprint density at radius 2 is 2.00 bits per heavy atom. The molecular weight excluding hydrogens is 294 g/mol. The SMILES string of the molecule is COc1cc(=O)n(CC(=O)NCC(C)C)nc1-c1ccccc1. The van der Waals surface area contributed by atoms with Crippen LogP contribution in [0.15, 0.2) is 41.2 Å². The van der Waals surface area contributed by atoms with Crippen LogP contribution in [-0.4, -0.2) is 29.3 Å². The average molecular weight is 315 g/mol. The fraction of sp³-hybridized carbons (Fsp3) is 0.353. The highest BCUT2D eigenvalue weighted by molar-refractivity contribution is 5.75. The summed E-state index contributed by atoms with van der Waals surface area (Å²) in [4.78, 5) is 24.0. The van der Waals surface area contributed by atoms with Gasteiger partial charge in [-0.2, -0.15) is 5.10 Å². The minimum absolute atomic E-state index is 0.116. The lowest BCUT2D eigenvalue weighted by atomic mass is 10.1. The number of amides is 1. The summed E-state index contributed by atoms with van der Waals surface area (Å²) in [5.41, 5.74) is 0.978. The number of hydrogen-bond donors (Lipinski definition) is 1. The highest BCUT2D eigenvalue weighted by Gasteiger charge is 2.13. The molecule has 122 valence electrons. The zero-order valence-corrected chi connectivity index (χ0v) is 13.6. The van der Waals surface area contributed by atoms with Crippen molar-refractivity contribution in [2.24, 2.45) is 5.92 Å². The second-order valence-electron chi connectivity index (χ2n) is 5.62. The van der Waals surface area contributed by atoms with Crippen LogP contribution in [0.3, 0.4) is 0 Å². The Bertz CT molecular complexity index is 724. The largest absolute Gasteiger partial charge is 0.494 e. The molecule has 1 heterocycles.